The van der Waals surface area contributed by atoms with Gasteiger partial charge in [-0.15, -0.1) is 11.3 Å². The van der Waals surface area contributed by atoms with Gasteiger partial charge in [-0.2, -0.15) is 0 Å². The number of amides is 1. The summed E-state index contributed by atoms with van der Waals surface area (Å²) in [6, 6.07) is 10.3. The smallest absolute Gasteiger partial charge is 0.307 e. The van der Waals surface area contributed by atoms with Gasteiger partial charge < -0.3 is 10.4 Å². The van der Waals surface area contributed by atoms with Gasteiger partial charge >= 0.3 is 5.97 Å². The first-order valence-electron chi connectivity index (χ1n) is 8.11. The highest BCUT2D eigenvalue weighted by Gasteiger charge is 2.41. The third kappa shape index (κ3) is 4.00. The Balaban J connectivity index is 1.46. The van der Waals surface area contributed by atoms with E-state index in [-0.39, 0.29) is 5.91 Å². The molecule has 1 fully saturated rings. The fraction of sp³-hybridized carbons (Fsp3) is 0.389. The van der Waals surface area contributed by atoms with Crippen LogP contribution in [0.3, 0.4) is 0 Å². The minimum Gasteiger partial charge on any atom is -0.481 e. The summed E-state index contributed by atoms with van der Waals surface area (Å²) in [7, 11) is 0. The zero-order valence-electron chi connectivity index (χ0n) is 13.3. The highest BCUT2D eigenvalue weighted by Crippen LogP contribution is 2.34. The number of aryl methyl sites for hydroxylation is 2. The Bertz CT molecular complexity index is 714. The number of carbonyl (C=O) groups excluding carboxylic acids is 1. The minimum absolute atomic E-state index is 0.174. The summed E-state index contributed by atoms with van der Waals surface area (Å²) in [5.74, 6) is -1.97. The molecule has 2 aromatic rings. The molecule has 126 valence electrons. The predicted octanol–water partition coefficient (Wildman–Crippen LogP) is 2.66. The summed E-state index contributed by atoms with van der Waals surface area (Å²) in [4.78, 5) is 27.5. The molecule has 3 rings (SSSR count). The van der Waals surface area contributed by atoms with Crippen LogP contribution in [0.25, 0.3) is 0 Å². The van der Waals surface area contributed by atoms with Crippen molar-refractivity contribution >= 4 is 23.2 Å². The zero-order chi connectivity index (χ0) is 16.9. The van der Waals surface area contributed by atoms with Crippen molar-refractivity contribution in [2.75, 3.05) is 0 Å². The van der Waals surface area contributed by atoms with Crippen LogP contribution >= 0.6 is 11.3 Å². The average molecular weight is 344 g/mol. The number of aliphatic carboxylic acids is 1. The van der Waals surface area contributed by atoms with E-state index in [9.17, 15) is 9.59 Å². The summed E-state index contributed by atoms with van der Waals surface area (Å²) >= 11 is 1.60. The molecule has 1 aliphatic rings. The van der Waals surface area contributed by atoms with Gasteiger partial charge in [-0.25, -0.2) is 4.98 Å². The summed E-state index contributed by atoms with van der Waals surface area (Å²) in [5.41, 5.74) is 2.12. The molecular formula is C18H20N2O3S. The SMILES string of the molecule is O=C(O)C1CCC1C(=O)NCc1csc(CCc2ccccc2)n1. The summed E-state index contributed by atoms with van der Waals surface area (Å²) in [5, 5.41) is 14.8. The monoisotopic (exact) mass is 344 g/mol. The van der Waals surface area contributed by atoms with Gasteiger partial charge in [0, 0.05) is 11.8 Å². The van der Waals surface area contributed by atoms with Crippen LogP contribution in [-0.4, -0.2) is 22.0 Å². The molecule has 0 radical (unpaired) electrons. The maximum absolute atomic E-state index is 12.0. The number of hydrogen-bond acceptors (Lipinski definition) is 4. The van der Waals surface area contributed by atoms with Gasteiger partial charge in [-0.1, -0.05) is 30.3 Å². The van der Waals surface area contributed by atoms with Crippen LogP contribution in [0, 0.1) is 11.8 Å². The molecular weight excluding hydrogens is 324 g/mol. The van der Waals surface area contributed by atoms with Gasteiger partial charge in [0.15, 0.2) is 0 Å². The largest absolute Gasteiger partial charge is 0.481 e. The molecule has 0 spiro atoms. The van der Waals surface area contributed by atoms with Crippen LogP contribution in [0.1, 0.15) is 29.1 Å². The Morgan fingerprint density at radius 1 is 1.17 bits per heavy atom. The first-order chi connectivity index (χ1) is 11.6. The molecule has 1 aliphatic carbocycles. The van der Waals surface area contributed by atoms with Gasteiger partial charge in [0.25, 0.3) is 0 Å². The summed E-state index contributed by atoms with van der Waals surface area (Å²) in [6.07, 6.45) is 3.07. The lowest BCUT2D eigenvalue weighted by Gasteiger charge is -2.31. The first kappa shape index (κ1) is 16.6. The molecule has 1 saturated carbocycles. The molecule has 24 heavy (non-hydrogen) atoms. The first-order valence-corrected chi connectivity index (χ1v) is 8.99. The molecule has 0 bridgehead atoms. The van der Waals surface area contributed by atoms with Gasteiger partial charge in [0.1, 0.15) is 0 Å². The normalized spacial score (nSPS) is 19.5. The van der Waals surface area contributed by atoms with Crippen molar-refractivity contribution < 1.29 is 14.7 Å². The number of rotatable bonds is 7. The topological polar surface area (TPSA) is 79.3 Å². The second kappa shape index (κ2) is 7.57. The Hall–Kier alpha value is -2.21. The van der Waals surface area contributed by atoms with E-state index < -0.39 is 17.8 Å². The molecule has 6 heteroatoms. The molecule has 1 amide bonds. The number of hydrogen-bond donors (Lipinski definition) is 2. The van der Waals surface area contributed by atoms with Crippen LogP contribution < -0.4 is 5.32 Å². The maximum Gasteiger partial charge on any atom is 0.307 e. The van der Waals surface area contributed by atoms with Crippen LogP contribution in [0.15, 0.2) is 35.7 Å². The van der Waals surface area contributed by atoms with Gasteiger partial charge in [-0.05, 0) is 24.8 Å². The standard InChI is InChI=1S/C18H20N2O3S/c21-17(14-7-8-15(14)18(22)23)19-10-13-11-24-16(20-13)9-6-12-4-2-1-3-5-12/h1-5,11,14-15H,6-10H2,(H,19,21)(H,22,23). The van der Waals surface area contributed by atoms with E-state index in [0.29, 0.717) is 19.4 Å². The number of aromatic nitrogens is 1. The van der Waals surface area contributed by atoms with Crippen LogP contribution in [-0.2, 0) is 29.0 Å². The molecule has 0 saturated heterocycles. The van der Waals surface area contributed by atoms with Crippen LogP contribution in [0.2, 0.25) is 0 Å². The Labute approximate surface area is 144 Å². The van der Waals surface area contributed by atoms with Crippen LogP contribution in [0.5, 0.6) is 0 Å². The minimum atomic E-state index is -0.877. The molecule has 5 nitrogen and oxygen atoms in total. The van der Waals surface area contributed by atoms with E-state index in [1.807, 2.05) is 23.6 Å². The number of nitrogens with zero attached hydrogens (tertiary/aromatic N) is 1. The lowest BCUT2D eigenvalue weighted by molar-refractivity contribution is -0.152. The molecule has 2 unspecified atom stereocenters. The quantitative estimate of drug-likeness (QED) is 0.809. The Morgan fingerprint density at radius 3 is 2.58 bits per heavy atom. The number of thiazole rings is 1. The third-order valence-electron chi connectivity index (χ3n) is 4.44. The highest BCUT2D eigenvalue weighted by molar-refractivity contribution is 7.09. The number of benzene rings is 1. The fourth-order valence-electron chi connectivity index (χ4n) is 2.86. The lowest BCUT2D eigenvalue weighted by Crippen LogP contribution is -2.43. The molecule has 1 aromatic heterocycles. The highest BCUT2D eigenvalue weighted by atomic mass is 32.1. The van der Waals surface area contributed by atoms with E-state index in [1.165, 1.54) is 5.56 Å². The fourth-order valence-corrected chi connectivity index (χ4v) is 3.66. The van der Waals surface area contributed by atoms with E-state index in [4.69, 9.17) is 5.11 Å². The van der Waals surface area contributed by atoms with Crippen molar-refractivity contribution in [3.8, 4) is 0 Å². The van der Waals surface area contributed by atoms with Gasteiger partial charge in [0.2, 0.25) is 5.91 Å². The molecule has 2 N–H and O–H groups in total. The van der Waals surface area contributed by atoms with Crippen molar-refractivity contribution in [1.82, 2.24) is 10.3 Å². The van der Waals surface area contributed by atoms with E-state index >= 15 is 0 Å². The van der Waals surface area contributed by atoms with Gasteiger partial charge in [0.05, 0.1) is 29.1 Å². The second-order valence-electron chi connectivity index (χ2n) is 6.06. The average Bonchev–Trinajstić information content (AvgIpc) is 2.98. The molecule has 1 heterocycles. The molecule has 0 aliphatic heterocycles. The Morgan fingerprint density at radius 2 is 1.92 bits per heavy atom. The number of carboxylic acid groups (broad SMARTS) is 1. The van der Waals surface area contributed by atoms with Crippen molar-refractivity contribution in [1.29, 1.82) is 0 Å². The van der Waals surface area contributed by atoms with Crippen molar-refractivity contribution in [3.63, 3.8) is 0 Å². The molecule has 2 atom stereocenters. The number of carbonyl (C=O) groups is 2. The number of nitrogens with one attached hydrogen (secondary N) is 1. The lowest BCUT2D eigenvalue weighted by atomic mass is 9.73. The number of carboxylic acids is 1. The zero-order valence-corrected chi connectivity index (χ0v) is 14.1. The third-order valence-corrected chi connectivity index (χ3v) is 5.40. The van der Waals surface area contributed by atoms with Crippen molar-refractivity contribution in [2.45, 2.75) is 32.2 Å². The van der Waals surface area contributed by atoms with Crippen molar-refractivity contribution in [3.05, 3.63) is 52.0 Å². The summed E-state index contributed by atoms with van der Waals surface area (Å²) in [6.45, 7) is 0.365. The second-order valence-corrected chi connectivity index (χ2v) is 7.01. The van der Waals surface area contributed by atoms with Crippen molar-refractivity contribution in [2.24, 2.45) is 11.8 Å². The predicted molar refractivity (Wildman–Crippen MR) is 91.7 cm³/mol. The maximum atomic E-state index is 12.0. The van der Waals surface area contributed by atoms with E-state index in [1.54, 1.807) is 11.3 Å². The van der Waals surface area contributed by atoms with Gasteiger partial charge in [-0.3, -0.25) is 9.59 Å². The molecule has 1 aromatic carbocycles. The van der Waals surface area contributed by atoms with Crippen LogP contribution in [0.4, 0.5) is 0 Å². The summed E-state index contributed by atoms with van der Waals surface area (Å²) < 4.78 is 0. The van der Waals surface area contributed by atoms with E-state index in [2.05, 4.69) is 22.4 Å². The Kier molecular flexibility index (Phi) is 5.25. The van der Waals surface area contributed by atoms with E-state index in [0.717, 1.165) is 23.5 Å².